The molecule has 0 saturated heterocycles. The van der Waals surface area contributed by atoms with Gasteiger partial charge in [0.25, 0.3) is 0 Å². The molecular weight excluding hydrogens is 280 g/mol. The van der Waals surface area contributed by atoms with Gasteiger partial charge in [-0.25, -0.2) is 0 Å². The lowest BCUT2D eigenvalue weighted by atomic mass is 10.1. The first-order valence-electron chi connectivity index (χ1n) is 7.25. The van der Waals surface area contributed by atoms with Crippen LogP contribution in [-0.4, -0.2) is 25.8 Å². The predicted molar refractivity (Wildman–Crippen MR) is 84.2 cm³/mol. The van der Waals surface area contributed by atoms with E-state index in [1.807, 2.05) is 48.5 Å². The van der Waals surface area contributed by atoms with E-state index in [1.54, 1.807) is 0 Å². The summed E-state index contributed by atoms with van der Waals surface area (Å²) in [6, 6.07) is 15.5. The Morgan fingerprint density at radius 3 is 2.73 bits per heavy atom. The van der Waals surface area contributed by atoms with Gasteiger partial charge in [0.1, 0.15) is 0 Å². The number of hydrogen-bond acceptors (Lipinski definition) is 4. The normalized spacial score (nSPS) is 12.0. The van der Waals surface area contributed by atoms with E-state index in [9.17, 15) is 4.79 Å². The maximum atomic E-state index is 11.8. The van der Waals surface area contributed by atoms with Crippen LogP contribution < -0.4 is 20.1 Å². The molecule has 0 saturated carbocycles. The molecule has 0 bridgehead atoms. The average Bonchev–Trinajstić information content (AvgIpc) is 3.02. The number of hydrogen-bond donors (Lipinski definition) is 2. The van der Waals surface area contributed by atoms with E-state index in [0.717, 1.165) is 29.2 Å². The molecule has 0 aromatic heterocycles. The van der Waals surface area contributed by atoms with Crippen LogP contribution in [-0.2, 0) is 11.2 Å². The third kappa shape index (κ3) is 3.69. The Kier molecular flexibility index (Phi) is 4.44. The van der Waals surface area contributed by atoms with Crippen LogP contribution >= 0.6 is 0 Å². The van der Waals surface area contributed by atoms with Crippen molar-refractivity contribution >= 4 is 11.6 Å². The van der Waals surface area contributed by atoms with Gasteiger partial charge in [0.15, 0.2) is 11.5 Å². The SMILES string of the molecule is O=C(CNc1ccccc1)NCCc1ccc2c(c1)OCO2. The number of carbonyl (C=O) groups is 1. The highest BCUT2D eigenvalue weighted by atomic mass is 16.7. The number of rotatable bonds is 6. The number of ether oxygens (including phenoxy) is 2. The molecule has 22 heavy (non-hydrogen) atoms. The first kappa shape index (κ1) is 14.3. The predicted octanol–water partition coefficient (Wildman–Crippen LogP) is 2.19. The van der Waals surface area contributed by atoms with Gasteiger partial charge in [0, 0.05) is 12.2 Å². The molecule has 0 unspecified atom stereocenters. The molecule has 1 aliphatic rings. The lowest BCUT2D eigenvalue weighted by Crippen LogP contribution is -2.31. The smallest absolute Gasteiger partial charge is 0.239 e. The second-order valence-electron chi connectivity index (χ2n) is 5.01. The highest BCUT2D eigenvalue weighted by Gasteiger charge is 2.12. The zero-order valence-corrected chi connectivity index (χ0v) is 12.2. The van der Waals surface area contributed by atoms with Crippen molar-refractivity contribution in [2.24, 2.45) is 0 Å². The number of amides is 1. The molecule has 114 valence electrons. The topological polar surface area (TPSA) is 59.6 Å². The first-order valence-corrected chi connectivity index (χ1v) is 7.25. The quantitative estimate of drug-likeness (QED) is 0.858. The molecule has 1 heterocycles. The van der Waals surface area contributed by atoms with Crippen molar-refractivity contribution in [3.05, 3.63) is 54.1 Å². The van der Waals surface area contributed by atoms with Gasteiger partial charge in [0.05, 0.1) is 6.54 Å². The Bertz CT molecular complexity index is 644. The van der Waals surface area contributed by atoms with Crippen LogP contribution in [0.5, 0.6) is 11.5 Å². The molecule has 0 spiro atoms. The van der Waals surface area contributed by atoms with Crippen molar-refractivity contribution in [3.8, 4) is 11.5 Å². The lowest BCUT2D eigenvalue weighted by molar-refractivity contribution is -0.119. The van der Waals surface area contributed by atoms with Crippen LogP contribution in [0.2, 0.25) is 0 Å². The van der Waals surface area contributed by atoms with E-state index in [2.05, 4.69) is 10.6 Å². The summed E-state index contributed by atoms with van der Waals surface area (Å²) in [5.41, 5.74) is 2.05. The zero-order chi connectivity index (χ0) is 15.2. The van der Waals surface area contributed by atoms with Gasteiger partial charge in [-0.2, -0.15) is 0 Å². The molecule has 0 atom stereocenters. The number of nitrogens with one attached hydrogen (secondary N) is 2. The van der Waals surface area contributed by atoms with Crippen LogP contribution in [0, 0.1) is 0 Å². The van der Waals surface area contributed by atoms with Gasteiger partial charge in [-0.15, -0.1) is 0 Å². The van der Waals surface area contributed by atoms with E-state index in [0.29, 0.717) is 6.54 Å². The van der Waals surface area contributed by atoms with Crippen LogP contribution in [0.25, 0.3) is 0 Å². The Hall–Kier alpha value is -2.69. The average molecular weight is 298 g/mol. The minimum absolute atomic E-state index is 0.0235. The van der Waals surface area contributed by atoms with Crippen molar-refractivity contribution in [2.75, 3.05) is 25.2 Å². The van der Waals surface area contributed by atoms with Gasteiger partial charge >= 0.3 is 0 Å². The van der Waals surface area contributed by atoms with Crippen molar-refractivity contribution < 1.29 is 14.3 Å². The fraction of sp³-hybridized carbons (Fsp3) is 0.235. The third-order valence-electron chi connectivity index (χ3n) is 3.40. The van der Waals surface area contributed by atoms with E-state index < -0.39 is 0 Å². The molecule has 0 radical (unpaired) electrons. The summed E-state index contributed by atoms with van der Waals surface area (Å²) in [4.78, 5) is 11.8. The van der Waals surface area contributed by atoms with Crippen molar-refractivity contribution in [1.82, 2.24) is 5.32 Å². The summed E-state index contributed by atoms with van der Waals surface area (Å²) in [7, 11) is 0. The Labute approximate surface area is 129 Å². The molecule has 0 fully saturated rings. The molecule has 0 aliphatic carbocycles. The minimum atomic E-state index is -0.0235. The Balaban J connectivity index is 1.40. The van der Waals surface area contributed by atoms with Crippen molar-refractivity contribution in [3.63, 3.8) is 0 Å². The monoisotopic (exact) mass is 298 g/mol. The minimum Gasteiger partial charge on any atom is -0.454 e. The molecule has 3 rings (SSSR count). The zero-order valence-electron chi connectivity index (χ0n) is 12.2. The van der Waals surface area contributed by atoms with Crippen LogP contribution in [0.1, 0.15) is 5.56 Å². The second kappa shape index (κ2) is 6.85. The van der Waals surface area contributed by atoms with Gasteiger partial charge in [-0.05, 0) is 36.2 Å². The summed E-state index contributed by atoms with van der Waals surface area (Å²) in [5, 5.41) is 5.97. The fourth-order valence-corrected chi connectivity index (χ4v) is 2.24. The summed E-state index contributed by atoms with van der Waals surface area (Å²) >= 11 is 0. The largest absolute Gasteiger partial charge is 0.454 e. The molecule has 2 aromatic carbocycles. The van der Waals surface area contributed by atoms with Gasteiger partial charge in [-0.1, -0.05) is 24.3 Å². The van der Waals surface area contributed by atoms with E-state index in [1.165, 1.54) is 0 Å². The third-order valence-corrected chi connectivity index (χ3v) is 3.40. The van der Waals surface area contributed by atoms with Crippen LogP contribution in [0.4, 0.5) is 5.69 Å². The van der Waals surface area contributed by atoms with Crippen LogP contribution in [0.15, 0.2) is 48.5 Å². The molecule has 5 nitrogen and oxygen atoms in total. The molecule has 2 N–H and O–H groups in total. The number of benzene rings is 2. The van der Waals surface area contributed by atoms with Crippen molar-refractivity contribution in [2.45, 2.75) is 6.42 Å². The van der Waals surface area contributed by atoms with E-state index in [4.69, 9.17) is 9.47 Å². The van der Waals surface area contributed by atoms with Gasteiger partial charge in [0.2, 0.25) is 12.7 Å². The number of anilines is 1. The van der Waals surface area contributed by atoms with Gasteiger partial charge < -0.3 is 20.1 Å². The maximum absolute atomic E-state index is 11.8. The molecule has 1 aliphatic heterocycles. The Morgan fingerprint density at radius 1 is 1.05 bits per heavy atom. The van der Waals surface area contributed by atoms with Crippen molar-refractivity contribution in [1.29, 1.82) is 0 Å². The number of fused-ring (bicyclic) bond motifs is 1. The molecular formula is C17H18N2O3. The summed E-state index contributed by atoms with van der Waals surface area (Å²) < 4.78 is 10.6. The highest BCUT2D eigenvalue weighted by molar-refractivity contribution is 5.80. The lowest BCUT2D eigenvalue weighted by Gasteiger charge is -2.08. The van der Waals surface area contributed by atoms with Gasteiger partial charge in [-0.3, -0.25) is 4.79 Å². The number of carbonyl (C=O) groups excluding carboxylic acids is 1. The molecule has 5 heteroatoms. The standard InChI is InChI=1S/C17H18N2O3/c20-17(11-19-14-4-2-1-3-5-14)18-9-8-13-6-7-15-16(10-13)22-12-21-15/h1-7,10,19H,8-9,11-12H2,(H,18,20). The van der Waals surface area contributed by atoms with E-state index in [-0.39, 0.29) is 19.2 Å². The maximum Gasteiger partial charge on any atom is 0.239 e. The fourth-order valence-electron chi connectivity index (χ4n) is 2.24. The molecule has 1 amide bonds. The first-order chi connectivity index (χ1) is 10.8. The summed E-state index contributed by atoms with van der Waals surface area (Å²) in [6.07, 6.45) is 0.758. The highest BCUT2D eigenvalue weighted by Crippen LogP contribution is 2.32. The van der Waals surface area contributed by atoms with E-state index >= 15 is 0 Å². The summed E-state index contributed by atoms with van der Waals surface area (Å²) in [5.74, 6) is 1.53. The molecule has 2 aromatic rings. The Morgan fingerprint density at radius 2 is 1.86 bits per heavy atom. The summed E-state index contributed by atoms with van der Waals surface area (Å²) in [6.45, 7) is 1.14. The van der Waals surface area contributed by atoms with Crippen LogP contribution in [0.3, 0.4) is 0 Å². The number of para-hydroxylation sites is 1. The second-order valence-corrected chi connectivity index (χ2v) is 5.01.